The first-order chi connectivity index (χ1) is 10.2. The third kappa shape index (κ3) is 3.69. The highest BCUT2D eigenvalue weighted by Gasteiger charge is 2.27. The summed E-state index contributed by atoms with van der Waals surface area (Å²) < 4.78 is 5.23. The number of rotatable bonds is 7. The van der Waals surface area contributed by atoms with E-state index in [-0.39, 0.29) is 5.91 Å². The summed E-state index contributed by atoms with van der Waals surface area (Å²) in [6.45, 7) is 1.00. The van der Waals surface area contributed by atoms with E-state index in [0.717, 1.165) is 5.82 Å². The molecule has 1 saturated carbocycles. The van der Waals surface area contributed by atoms with Crippen LogP contribution in [0.3, 0.4) is 0 Å². The molecule has 2 aromatic heterocycles. The van der Waals surface area contributed by atoms with E-state index in [9.17, 15) is 4.79 Å². The van der Waals surface area contributed by atoms with Crippen LogP contribution in [-0.2, 0) is 11.2 Å². The number of hydrogen-bond acceptors (Lipinski definition) is 5. The molecule has 1 fully saturated rings. The van der Waals surface area contributed by atoms with Crippen LogP contribution in [0.5, 0.6) is 0 Å². The zero-order valence-electron chi connectivity index (χ0n) is 12.0. The minimum absolute atomic E-state index is 0.0511. The molecule has 21 heavy (non-hydrogen) atoms. The van der Waals surface area contributed by atoms with Crippen molar-refractivity contribution in [3.63, 3.8) is 0 Å². The van der Waals surface area contributed by atoms with Gasteiger partial charge in [0, 0.05) is 19.0 Å². The second-order valence-corrected chi connectivity index (χ2v) is 5.33. The molecule has 1 aliphatic rings. The van der Waals surface area contributed by atoms with Gasteiger partial charge in [-0.2, -0.15) is 5.10 Å². The monoisotopic (exact) mass is 289 g/mol. The van der Waals surface area contributed by atoms with Crippen LogP contribution in [0.2, 0.25) is 0 Å². The van der Waals surface area contributed by atoms with Crippen LogP contribution in [0.1, 0.15) is 18.7 Å². The Morgan fingerprint density at radius 3 is 3.14 bits per heavy atom. The third-order valence-corrected chi connectivity index (χ3v) is 3.52. The Morgan fingerprint density at radius 2 is 2.43 bits per heavy atom. The molecule has 0 saturated heterocycles. The lowest BCUT2D eigenvalue weighted by molar-refractivity contribution is -0.122. The van der Waals surface area contributed by atoms with Gasteiger partial charge in [-0.25, -0.2) is 4.98 Å². The number of carbonyl (C=O) groups excluding carboxylic acids is 1. The van der Waals surface area contributed by atoms with Crippen molar-refractivity contribution in [2.24, 2.45) is 0 Å². The van der Waals surface area contributed by atoms with E-state index in [0.29, 0.717) is 37.1 Å². The summed E-state index contributed by atoms with van der Waals surface area (Å²) in [5, 5.41) is 9.84. The van der Waals surface area contributed by atoms with E-state index >= 15 is 0 Å². The zero-order chi connectivity index (χ0) is 14.7. The summed E-state index contributed by atoms with van der Waals surface area (Å²) in [6.07, 6.45) is 4.61. The van der Waals surface area contributed by atoms with Gasteiger partial charge >= 0.3 is 0 Å². The van der Waals surface area contributed by atoms with Gasteiger partial charge < -0.3 is 9.73 Å². The van der Waals surface area contributed by atoms with Gasteiger partial charge in [-0.3, -0.25) is 14.8 Å². The average Bonchev–Trinajstić information content (AvgIpc) is 2.98. The predicted octanol–water partition coefficient (Wildman–Crippen LogP) is 0.818. The second-order valence-electron chi connectivity index (χ2n) is 5.33. The van der Waals surface area contributed by atoms with Crippen molar-refractivity contribution in [1.29, 1.82) is 0 Å². The highest BCUT2D eigenvalue weighted by molar-refractivity contribution is 5.78. The fraction of sp³-hybridized carbons (Fsp3) is 0.500. The van der Waals surface area contributed by atoms with Crippen molar-refractivity contribution in [1.82, 2.24) is 25.4 Å². The summed E-state index contributed by atoms with van der Waals surface area (Å²) >= 11 is 0. The van der Waals surface area contributed by atoms with E-state index in [2.05, 4.69) is 25.4 Å². The van der Waals surface area contributed by atoms with Crippen LogP contribution in [-0.4, -0.2) is 52.2 Å². The maximum absolute atomic E-state index is 11.8. The highest BCUT2D eigenvalue weighted by atomic mass is 16.3. The van der Waals surface area contributed by atoms with Crippen LogP contribution in [0, 0.1) is 0 Å². The molecule has 3 rings (SSSR count). The van der Waals surface area contributed by atoms with E-state index < -0.39 is 0 Å². The van der Waals surface area contributed by atoms with Gasteiger partial charge in [0.25, 0.3) is 0 Å². The molecule has 0 atom stereocenters. The number of nitrogens with one attached hydrogen (secondary N) is 2. The minimum atomic E-state index is 0.0511. The van der Waals surface area contributed by atoms with Gasteiger partial charge in [0.2, 0.25) is 11.7 Å². The Labute approximate surface area is 122 Å². The predicted molar refractivity (Wildman–Crippen MR) is 76.5 cm³/mol. The Kier molecular flexibility index (Phi) is 4.01. The molecular formula is C14H19N5O2. The lowest BCUT2D eigenvalue weighted by atomic mass is 10.4. The number of furan rings is 1. The van der Waals surface area contributed by atoms with E-state index in [1.807, 2.05) is 13.1 Å². The van der Waals surface area contributed by atoms with E-state index in [1.54, 1.807) is 12.3 Å². The molecule has 0 spiro atoms. The summed E-state index contributed by atoms with van der Waals surface area (Å²) in [5.74, 6) is 1.95. The smallest absolute Gasteiger partial charge is 0.234 e. The quantitative estimate of drug-likeness (QED) is 0.788. The van der Waals surface area contributed by atoms with Gasteiger partial charge in [0.15, 0.2) is 5.76 Å². The third-order valence-electron chi connectivity index (χ3n) is 3.52. The first-order valence-electron chi connectivity index (χ1n) is 7.14. The number of nitrogens with zero attached hydrogens (tertiary/aromatic N) is 3. The Hall–Kier alpha value is -2.15. The Balaban J connectivity index is 1.42. The van der Waals surface area contributed by atoms with Crippen LogP contribution in [0.25, 0.3) is 11.6 Å². The van der Waals surface area contributed by atoms with Crippen molar-refractivity contribution < 1.29 is 9.21 Å². The standard InChI is InChI=1S/C14H19N5O2/c1-19(10-4-5-10)9-13(20)15-7-6-12-16-14(18-17-12)11-3-2-8-21-11/h2-3,8,10H,4-7,9H2,1H3,(H,15,20)(H,16,17,18). The van der Waals surface area contributed by atoms with Gasteiger partial charge in [-0.15, -0.1) is 0 Å². The largest absolute Gasteiger partial charge is 0.461 e. The van der Waals surface area contributed by atoms with Crippen molar-refractivity contribution in [3.05, 3.63) is 24.2 Å². The molecule has 7 nitrogen and oxygen atoms in total. The molecule has 2 aromatic rings. The maximum Gasteiger partial charge on any atom is 0.234 e. The molecule has 7 heteroatoms. The first-order valence-corrected chi connectivity index (χ1v) is 7.14. The SMILES string of the molecule is CN(CC(=O)NCCc1nc(-c2ccco2)n[nH]1)C1CC1. The first kappa shape index (κ1) is 13.8. The molecule has 0 aliphatic heterocycles. The molecule has 0 aromatic carbocycles. The second kappa shape index (κ2) is 6.09. The molecule has 0 unspecified atom stereocenters. The van der Waals surface area contributed by atoms with Crippen LogP contribution in [0.4, 0.5) is 0 Å². The summed E-state index contributed by atoms with van der Waals surface area (Å²) in [6, 6.07) is 4.20. The normalized spacial score (nSPS) is 14.6. The molecule has 0 radical (unpaired) electrons. The lowest BCUT2D eigenvalue weighted by Crippen LogP contribution is -2.37. The Bertz CT molecular complexity index is 588. The molecule has 2 N–H and O–H groups in total. The maximum atomic E-state index is 11.8. The van der Waals surface area contributed by atoms with Crippen LogP contribution < -0.4 is 5.32 Å². The van der Waals surface area contributed by atoms with E-state index in [1.165, 1.54) is 12.8 Å². The number of aromatic amines is 1. The minimum Gasteiger partial charge on any atom is -0.461 e. The summed E-state index contributed by atoms with van der Waals surface area (Å²) in [5.41, 5.74) is 0. The van der Waals surface area contributed by atoms with Crippen molar-refractivity contribution in [3.8, 4) is 11.6 Å². The van der Waals surface area contributed by atoms with Crippen molar-refractivity contribution in [2.45, 2.75) is 25.3 Å². The van der Waals surface area contributed by atoms with E-state index in [4.69, 9.17) is 4.42 Å². The molecule has 0 bridgehead atoms. The number of hydrogen-bond donors (Lipinski definition) is 2. The summed E-state index contributed by atoms with van der Waals surface area (Å²) in [7, 11) is 1.99. The number of H-pyrrole nitrogens is 1. The summed E-state index contributed by atoms with van der Waals surface area (Å²) in [4.78, 5) is 18.2. The Morgan fingerprint density at radius 1 is 1.57 bits per heavy atom. The van der Waals surface area contributed by atoms with Gasteiger partial charge in [0.05, 0.1) is 12.8 Å². The highest BCUT2D eigenvalue weighted by Crippen LogP contribution is 2.24. The topological polar surface area (TPSA) is 87.1 Å². The molecule has 2 heterocycles. The fourth-order valence-electron chi connectivity index (χ4n) is 2.17. The fourth-order valence-corrected chi connectivity index (χ4v) is 2.17. The molecule has 1 amide bonds. The number of likely N-dealkylation sites (N-methyl/N-ethyl adjacent to an activating group) is 1. The van der Waals surface area contributed by atoms with Crippen LogP contribution in [0.15, 0.2) is 22.8 Å². The van der Waals surface area contributed by atoms with Crippen molar-refractivity contribution in [2.75, 3.05) is 20.1 Å². The average molecular weight is 289 g/mol. The molecule has 112 valence electrons. The number of aromatic nitrogens is 3. The zero-order valence-corrected chi connectivity index (χ0v) is 12.0. The number of amides is 1. The van der Waals surface area contributed by atoms with Gasteiger partial charge in [-0.1, -0.05) is 0 Å². The molecular weight excluding hydrogens is 270 g/mol. The number of carbonyl (C=O) groups is 1. The van der Waals surface area contributed by atoms with Crippen molar-refractivity contribution >= 4 is 5.91 Å². The van der Waals surface area contributed by atoms with Gasteiger partial charge in [0.1, 0.15) is 5.82 Å². The van der Waals surface area contributed by atoms with Gasteiger partial charge in [-0.05, 0) is 32.0 Å². The van der Waals surface area contributed by atoms with Crippen LogP contribution >= 0.6 is 0 Å². The lowest BCUT2D eigenvalue weighted by Gasteiger charge is -2.14. The molecule has 1 aliphatic carbocycles.